The fourth-order valence-corrected chi connectivity index (χ4v) is 2.08. The van der Waals surface area contributed by atoms with E-state index in [1.165, 1.54) is 6.07 Å². The van der Waals surface area contributed by atoms with E-state index in [0.717, 1.165) is 6.54 Å². The lowest BCUT2D eigenvalue weighted by atomic mass is 10.1. The van der Waals surface area contributed by atoms with Crippen molar-refractivity contribution in [1.82, 2.24) is 10.2 Å². The van der Waals surface area contributed by atoms with Crippen molar-refractivity contribution in [3.05, 3.63) is 35.6 Å². The van der Waals surface area contributed by atoms with E-state index in [-0.39, 0.29) is 30.6 Å². The largest absolute Gasteiger partial charge is 0.340 e. The molecule has 1 amide bonds. The van der Waals surface area contributed by atoms with Crippen LogP contribution in [0.15, 0.2) is 24.3 Å². The molecule has 3 nitrogen and oxygen atoms in total. The summed E-state index contributed by atoms with van der Waals surface area (Å²) in [6, 6.07) is 6.76. The van der Waals surface area contributed by atoms with Gasteiger partial charge in [-0.2, -0.15) is 0 Å². The minimum absolute atomic E-state index is 0. The van der Waals surface area contributed by atoms with Gasteiger partial charge in [-0.15, -0.1) is 12.4 Å². The molecule has 0 bridgehead atoms. The monoisotopic (exact) mass is 272 g/mol. The highest BCUT2D eigenvalue weighted by Crippen LogP contribution is 2.09. The molecule has 0 aliphatic carbocycles. The molecule has 1 fully saturated rings. The minimum atomic E-state index is -0.302. The predicted octanol–water partition coefficient (Wildman–Crippen LogP) is 1.61. The third kappa shape index (κ3) is 3.68. The molecular formula is C13H18ClFN2O. The Labute approximate surface area is 113 Å². The number of benzene rings is 1. The van der Waals surface area contributed by atoms with Gasteiger partial charge in [0.1, 0.15) is 5.82 Å². The molecule has 18 heavy (non-hydrogen) atoms. The van der Waals surface area contributed by atoms with Gasteiger partial charge in [0.25, 0.3) is 0 Å². The third-order valence-electron chi connectivity index (χ3n) is 3.02. The quantitative estimate of drug-likeness (QED) is 0.887. The Morgan fingerprint density at radius 1 is 1.50 bits per heavy atom. The fraction of sp³-hybridized carbons (Fsp3) is 0.462. The maximum Gasteiger partial charge on any atom is 0.227 e. The van der Waals surface area contributed by atoms with Crippen molar-refractivity contribution in [3.8, 4) is 0 Å². The molecule has 5 heteroatoms. The van der Waals surface area contributed by atoms with E-state index < -0.39 is 0 Å². The zero-order chi connectivity index (χ0) is 12.3. The Morgan fingerprint density at radius 2 is 2.22 bits per heavy atom. The lowest BCUT2D eigenvalue weighted by Crippen LogP contribution is -2.51. The smallest absolute Gasteiger partial charge is 0.227 e. The van der Waals surface area contributed by atoms with Crippen LogP contribution in [0.4, 0.5) is 4.39 Å². The first-order valence-electron chi connectivity index (χ1n) is 5.91. The second-order valence-electron chi connectivity index (χ2n) is 4.46. The van der Waals surface area contributed by atoms with E-state index in [9.17, 15) is 9.18 Å². The Hall–Kier alpha value is -1.13. The number of hydrogen-bond acceptors (Lipinski definition) is 2. The maximum absolute atomic E-state index is 13.4. The number of hydrogen-bond donors (Lipinski definition) is 1. The molecule has 0 saturated carbocycles. The van der Waals surface area contributed by atoms with Gasteiger partial charge in [0.2, 0.25) is 5.91 Å². The van der Waals surface area contributed by atoms with Crippen LogP contribution in [-0.4, -0.2) is 36.5 Å². The van der Waals surface area contributed by atoms with Crippen LogP contribution in [0.3, 0.4) is 0 Å². The number of nitrogens with one attached hydrogen (secondary N) is 1. The number of piperazine rings is 1. The van der Waals surface area contributed by atoms with E-state index in [1.807, 2.05) is 6.92 Å². The van der Waals surface area contributed by atoms with Crippen molar-refractivity contribution >= 4 is 18.3 Å². The maximum atomic E-state index is 13.4. The highest BCUT2D eigenvalue weighted by molar-refractivity contribution is 5.85. The van der Waals surface area contributed by atoms with Crippen molar-refractivity contribution in [2.75, 3.05) is 19.6 Å². The molecule has 1 heterocycles. The van der Waals surface area contributed by atoms with Crippen molar-refractivity contribution in [1.29, 1.82) is 0 Å². The highest BCUT2D eigenvalue weighted by atomic mass is 35.5. The van der Waals surface area contributed by atoms with Gasteiger partial charge in [-0.25, -0.2) is 4.39 Å². The van der Waals surface area contributed by atoms with Crippen molar-refractivity contribution < 1.29 is 9.18 Å². The van der Waals surface area contributed by atoms with Crippen LogP contribution >= 0.6 is 12.4 Å². The summed E-state index contributed by atoms with van der Waals surface area (Å²) in [7, 11) is 0. The molecule has 100 valence electrons. The van der Waals surface area contributed by atoms with Crippen LogP contribution in [0.5, 0.6) is 0 Å². The number of halogens is 2. The Kier molecular flexibility index (Phi) is 5.56. The SMILES string of the molecule is C[C@@H]1CN(C(=O)Cc2ccccc2F)CCN1.Cl. The van der Waals surface area contributed by atoms with Crippen LogP contribution in [0, 0.1) is 5.82 Å². The van der Waals surface area contributed by atoms with Gasteiger partial charge in [0.05, 0.1) is 6.42 Å². The number of rotatable bonds is 2. The summed E-state index contributed by atoms with van der Waals surface area (Å²) in [6.07, 6.45) is 0.152. The molecule has 0 aromatic heterocycles. The van der Waals surface area contributed by atoms with Gasteiger partial charge < -0.3 is 10.2 Å². The van der Waals surface area contributed by atoms with E-state index in [2.05, 4.69) is 5.32 Å². The zero-order valence-electron chi connectivity index (χ0n) is 10.4. The van der Waals surface area contributed by atoms with Gasteiger partial charge in [0.15, 0.2) is 0 Å². The average Bonchev–Trinajstić information content (AvgIpc) is 2.32. The topological polar surface area (TPSA) is 32.3 Å². The van der Waals surface area contributed by atoms with Gasteiger partial charge in [-0.1, -0.05) is 18.2 Å². The van der Waals surface area contributed by atoms with E-state index in [1.54, 1.807) is 23.1 Å². The zero-order valence-corrected chi connectivity index (χ0v) is 11.2. The number of carbonyl (C=O) groups is 1. The van der Waals surface area contributed by atoms with E-state index >= 15 is 0 Å². The van der Waals surface area contributed by atoms with Crippen LogP contribution in [-0.2, 0) is 11.2 Å². The van der Waals surface area contributed by atoms with Crippen LogP contribution < -0.4 is 5.32 Å². The van der Waals surface area contributed by atoms with Gasteiger partial charge in [0, 0.05) is 25.7 Å². The summed E-state index contributed by atoms with van der Waals surface area (Å²) in [4.78, 5) is 13.8. The first kappa shape index (κ1) is 14.9. The molecule has 1 aromatic rings. The Balaban J connectivity index is 0.00000162. The molecule has 2 rings (SSSR count). The van der Waals surface area contributed by atoms with Gasteiger partial charge in [-0.05, 0) is 18.6 Å². The lowest BCUT2D eigenvalue weighted by molar-refractivity contribution is -0.131. The molecule has 0 spiro atoms. The van der Waals surface area contributed by atoms with Crippen molar-refractivity contribution in [3.63, 3.8) is 0 Å². The summed E-state index contributed by atoms with van der Waals surface area (Å²) in [5.41, 5.74) is 0.476. The molecule has 0 unspecified atom stereocenters. The second kappa shape index (κ2) is 6.71. The average molecular weight is 273 g/mol. The van der Waals surface area contributed by atoms with E-state index in [4.69, 9.17) is 0 Å². The summed E-state index contributed by atoms with van der Waals surface area (Å²) >= 11 is 0. The van der Waals surface area contributed by atoms with Crippen LogP contribution in [0.25, 0.3) is 0 Å². The molecule has 1 saturated heterocycles. The molecule has 1 aromatic carbocycles. The molecule has 1 N–H and O–H groups in total. The molecular weight excluding hydrogens is 255 g/mol. The predicted molar refractivity (Wildman–Crippen MR) is 71.4 cm³/mol. The van der Waals surface area contributed by atoms with Gasteiger partial charge >= 0.3 is 0 Å². The molecule has 1 aliphatic heterocycles. The summed E-state index contributed by atoms with van der Waals surface area (Å²) in [6.45, 7) is 4.26. The normalized spacial score (nSPS) is 19.2. The minimum Gasteiger partial charge on any atom is -0.340 e. The Bertz CT molecular complexity index is 414. The summed E-state index contributed by atoms with van der Waals surface area (Å²) in [5, 5.41) is 3.27. The van der Waals surface area contributed by atoms with E-state index in [0.29, 0.717) is 24.7 Å². The molecule has 1 aliphatic rings. The summed E-state index contributed by atoms with van der Waals surface area (Å²) < 4.78 is 13.4. The Morgan fingerprint density at radius 3 is 2.89 bits per heavy atom. The molecule has 0 radical (unpaired) electrons. The summed E-state index contributed by atoms with van der Waals surface area (Å²) in [5.74, 6) is -0.299. The third-order valence-corrected chi connectivity index (χ3v) is 3.02. The fourth-order valence-electron chi connectivity index (χ4n) is 2.08. The number of carbonyl (C=O) groups excluding carboxylic acids is 1. The van der Waals surface area contributed by atoms with Crippen LogP contribution in [0.2, 0.25) is 0 Å². The van der Waals surface area contributed by atoms with Crippen molar-refractivity contribution in [2.24, 2.45) is 0 Å². The lowest BCUT2D eigenvalue weighted by Gasteiger charge is -2.32. The molecule has 1 atom stereocenters. The van der Waals surface area contributed by atoms with Gasteiger partial charge in [-0.3, -0.25) is 4.79 Å². The van der Waals surface area contributed by atoms with Crippen molar-refractivity contribution in [2.45, 2.75) is 19.4 Å². The second-order valence-corrected chi connectivity index (χ2v) is 4.46. The number of nitrogens with zero attached hydrogens (tertiary/aromatic N) is 1. The standard InChI is InChI=1S/C13H17FN2O.ClH/c1-10-9-16(7-6-15-10)13(17)8-11-4-2-3-5-12(11)14;/h2-5,10,15H,6-9H2,1H3;1H/t10-;/m1./s1. The number of amides is 1. The first-order valence-corrected chi connectivity index (χ1v) is 5.91. The van der Waals surface area contributed by atoms with Crippen LogP contribution in [0.1, 0.15) is 12.5 Å². The highest BCUT2D eigenvalue weighted by Gasteiger charge is 2.21. The first-order chi connectivity index (χ1) is 8.16.